The predicted molar refractivity (Wildman–Crippen MR) is 96.5 cm³/mol. The number of aromatic hydroxyl groups is 1. The minimum atomic E-state index is -0.685. The lowest BCUT2D eigenvalue weighted by Gasteiger charge is -2.50. The number of hydrogen-bond acceptors (Lipinski definition) is 3. The van der Waals surface area contributed by atoms with Crippen LogP contribution in [0.4, 0.5) is 0 Å². The summed E-state index contributed by atoms with van der Waals surface area (Å²) in [6, 6.07) is 15.4. The van der Waals surface area contributed by atoms with Gasteiger partial charge in [0.25, 0.3) is 0 Å². The van der Waals surface area contributed by atoms with Crippen LogP contribution in [0.25, 0.3) is 12.2 Å². The topological polar surface area (TPSA) is 43.7 Å². The molecule has 0 radical (unpaired) electrons. The molecule has 2 bridgehead atoms. The van der Waals surface area contributed by atoms with Crippen molar-refractivity contribution in [2.45, 2.75) is 18.4 Å². The van der Waals surface area contributed by atoms with Crippen LogP contribution in [0.15, 0.2) is 48.5 Å². The van der Waals surface area contributed by atoms with E-state index in [-0.39, 0.29) is 5.75 Å². The lowest BCUT2D eigenvalue weighted by Crippen LogP contribution is -2.57. The normalized spacial score (nSPS) is 29.2. The van der Waals surface area contributed by atoms with Crippen molar-refractivity contribution in [1.82, 2.24) is 4.90 Å². The van der Waals surface area contributed by atoms with Crippen LogP contribution < -0.4 is 0 Å². The minimum absolute atomic E-state index is 0.280. The van der Waals surface area contributed by atoms with Gasteiger partial charge in [-0.2, -0.15) is 0 Å². The summed E-state index contributed by atoms with van der Waals surface area (Å²) >= 11 is 0. The van der Waals surface area contributed by atoms with E-state index in [2.05, 4.69) is 35.2 Å². The molecule has 2 aromatic carbocycles. The standard InChI is InChI=1S/C21H23NO2/c23-20-9-5-17(6-10-20)2-1-16-3-7-18(8-4-16)21(24)15-22-13-11-19(21)12-14-22/h1-10,19,23-24H,11-15H2/b2-1+. The molecule has 0 amide bonds. The number of benzene rings is 2. The largest absolute Gasteiger partial charge is 0.508 e. The number of phenols is 1. The molecule has 24 heavy (non-hydrogen) atoms. The first-order chi connectivity index (χ1) is 11.6. The summed E-state index contributed by atoms with van der Waals surface area (Å²) in [5, 5.41) is 20.5. The van der Waals surface area contributed by atoms with Gasteiger partial charge in [0.05, 0.1) is 0 Å². The van der Waals surface area contributed by atoms with Gasteiger partial charge in [0.1, 0.15) is 11.4 Å². The molecule has 0 saturated carbocycles. The van der Waals surface area contributed by atoms with Gasteiger partial charge in [-0.3, -0.25) is 0 Å². The molecule has 1 unspecified atom stereocenters. The van der Waals surface area contributed by atoms with E-state index < -0.39 is 5.60 Å². The second-order valence-electron chi connectivity index (χ2n) is 7.02. The molecule has 3 nitrogen and oxygen atoms in total. The maximum absolute atomic E-state index is 11.2. The summed E-state index contributed by atoms with van der Waals surface area (Å²) in [5.41, 5.74) is 2.51. The summed E-state index contributed by atoms with van der Waals surface area (Å²) < 4.78 is 0. The number of phenolic OH excluding ortho intramolecular Hbond substituents is 1. The van der Waals surface area contributed by atoms with Crippen molar-refractivity contribution < 1.29 is 10.2 Å². The average molecular weight is 321 g/mol. The van der Waals surface area contributed by atoms with Crippen LogP contribution in [0.1, 0.15) is 29.5 Å². The highest BCUT2D eigenvalue weighted by Crippen LogP contribution is 2.42. The Morgan fingerprint density at radius 2 is 1.42 bits per heavy atom. The van der Waals surface area contributed by atoms with E-state index in [1.165, 1.54) is 0 Å². The molecule has 3 aliphatic rings. The van der Waals surface area contributed by atoms with E-state index >= 15 is 0 Å². The highest BCUT2D eigenvalue weighted by molar-refractivity contribution is 5.69. The molecule has 3 saturated heterocycles. The zero-order chi connectivity index (χ0) is 16.6. The highest BCUT2D eigenvalue weighted by Gasteiger charge is 2.46. The van der Waals surface area contributed by atoms with Gasteiger partial charge in [0.2, 0.25) is 0 Å². The number of hydrogen-bond donors (Lipinski definition) is 2. The summed E-state index contributed by atoms with van der Waals surface area (Å²) in [6.07, 6.45) is 6.27. The van der Waals surface area contributed by atoms with Crippen molar-refractivity contribution in [3.63, 3.8) is 0 Å². The van der Waals surface area contributed by atoms with Gasteiger partial charge in [-0.25, -0.2) is 0 Å². The maximum Gasteiger partial charge on any atom is 0.115 e. The van der Waals surface area contributed by atoms with Crippen LogP contribution in [0.5, 0.6) is 5.75 Å². The molecule has 124 valence electrons. The number of fused-ring (bicyclic) bond motifs is 3. The van der Waals surface area contributed by atoms with Crippen molar-refractivity contribution in [2.24, 2.45) is 5.92 Å². The molecular formula is C21H23NO2. The van der Waals surface area contributed by atoms with Crippen molar-refractivity contribution in [1.29, 1.82) is 0 Å². The van der Waals surface area contributed by atoms with E-state index in [9.17, 15) is 10.2 Å². The van der Waals surface area contributed by atoms with Crippen molar-refractivity contribution in [3.8, 4) is 5.75 Å². The molecule has 0 aromatic heterocycles. The fraction of sp³-hybridized carbons (Fsp3) is 0.333. The number of nitrogens with zero attached hydrogens (tertiary/aromatic N) is 1. The predicted octanol–water partition coefficient (Wildman–Crippen LogP) is 3.48. The second kappa shape index (κ2) is 6.08. The van der Waals surface area contributed by atoms with Crippen LogP contribution in [0, 0.1) is 5.92 Å². The molecule has 3 heterocycles. The van der Waals surface area contributed by atoms with E-state index in [0.29, 0.717) is 5.92 Å². The molecule has 2 N–H and O–H groups in total. The molecule has 3 fully saturated rings. The maximum atomic E-state index is 11.2. The van der Waals surface area contributed by atoms with E-state index in [0.717, 1.165) is 49.2 Å². The fourth-order valence-electron chi connectivity index (χ4n) is 4.03. The third-order valence-corrected chi connectivity index (χ3v) is 5.50. The number of piperidine rings is 3. The zero-order valence-electron chi connectivity index (χ0n) is 13.7. The van der Waals surface area contributed by atoms with Crippen molar-refractivity contribution >= 4 is 12.2 Å². The molecule has 2 aromatic rings. The third kappa shape index (κ3) is 2.85. The third-order valence-electron chi connectivity index (χ3n) is 5.50. The van der Waals surface area contributed by atoms with Gasteiger partial charge in [-0.05, 0) is 60.7 Å². The van der Waals surface area contributed by atoms with Crippen LogP contribution in [0.3, 0.4) is 0 Å². The van der Waals surface area contributed by atoms with E-state index in [1.54, 1.807) is 12.1 Å². The molecule has 1 atom stereocenters. The Hall–Kier alpha value is -2.10. The molecule has 3 aliphatic heterocycles. The van der Waals surface area contributed by atoms with Gasteiger partial charge < -0.3 is 15.1 Å². The Balaban J connectivity index is 1.51. The highest BCUT2D eigenvalue weighted by atomic mass is 16.3. The Morgan fingerprint density at radius 1 is 0.875 bits per heavy atom. The van der Waals surface area contributed by atoms with Crippen LogP contribution in [0.2, 0.25) is 0 Å². The molecule has 5 rings (SSSR count). The summed E-state index contributed by atoms with van der Waals surface area (Å²) in [6.45, 7) is 3.02. The lowest BCUT2D eigenvalue weighted by molar-refractivity contribution is -0.117. The quantitative estimate of drug-likeness (QED) is 0.851. The van der Waals surface area contributed by atoms with Gasteiger partial charge in [-0.1, -0.05) is 48.6 Å². The zero-order valence-corrected chi connectivity index (χ0v) is 13.7. The Bertz CT molecular complexity index is 727. The first-order valence-electron chi connectivity index (χ1n) is 8.66. The first kappa shape index (κ1) is 15.4. The van der Waals surface area contributed by atoms with Gasteiger partial charge in [0, 0.05) is 6.54 Å². The number of aliphatic hydroxyl groups is 1. The van der Waals surface area contributed by atoms with E-state index in [4.69, 9.17) is 0 Å². The van der Waals surface area contributed by atoms with Crippen LogP contribution in [-0.4, -0.2) is 34.7 Å². The van der Waals surface area contributed by atoms with Gasteiger partial charge >= 0.3 is 0 Å². The molecule has 0 spiro atoms. The molecular weight excluding hydrogens is 298 g/mol. The summed E-state index contributed by atoms with van der Waals surface area (Å²) in [5.74, 6) is 0.670. The lowest BCUT2D eigenvalue weighted by atomic mass is 9.71. The fourth-order valence-corrected chi connectivity index (χ4v) is 4.03. The summed E-state index contributed by atoms with van der Waals surface area (Å²) in [4.78, 5) is 2.37. The number of rotatable bonds is 3. The minimum Gasteiger partial charge on any atom is -0.508 e. The van der Waals surface area contributed by atoms with Gasteiger partial charge in [-0.15, -0.1) is 0 Å². The van der Waals surface area contributed by atoms with Crippen LogP contribution in [-0.2, 0) is 5.60 Å². The second-order valence-corrected chi connectivity index (χ2v) is 7.02. The van der Waals surface area contributed by atoms with Crippen molar-refractivity contribution in [3.05, 3.63) is 65.2 Å². The average Bonchev–Trinajstić information content (AvgIpc) is 2.62. The monoisotopic (exact) mass is 321 g/mol. The Kier molecular flexibility index (Phi) is 3.91. The first-order valence-corrected chi connectivity index (χ1v) is 8.66. The molecule has 0 aliphatic carbocycles. The van der Waals surface area contributed by atoms with E-state index in [1.807, 2.05) is 18.2 Å². The Morgan fingerprint density at radius 3 is 1.92 bits per heavy atom. The molecule has 3 heteroatoms. The van der Waals surface area contributed by atoms with Crippen molar-refractivity contribution in [2.75, 3.05) is 19.6 Å². The van der Waals surface area contributed by atoms with Crippen LogP contribution >= 0.6 is 0 Å². The van der Waals surface area contributed by atoms with Gasteiger partial charge in [0.15, 0.2) is 0 Å². The Labute approximate surface area is 142 Å². The summed E-state index contributed by atoms with van der Waals surface area (Å²) in [7, 11) is 0. The SMILES string of the molecule is Oc1ccc(/C=C/c2ccc(C3(O)CN4CCC3CC4)cc2)cc1. The smallest absolute Gasteiger partial charge is 0.115 e.